The van der Waals surface area contributed by atoms with E-state index in [2.05, 4.69) is 4.57 Å². The van der Waals surface area contributed by atoms with Crippen molar-refractivity contribution in [1.82, 2.24) is 4.57 Å². The second-order valence-electron chi connectivity index (χ2n) is 6.11. The van der Waals surface area contributed by atoms with Gasteiger partial charge in [-0.2, -0.15) is 0 Å². The summed E-state index contributed by atoms with van der Waals surface area (Å²) in [6, 6.07) is 9.61. The minimum absolute atomic E-state index is 0.149. The number of hydrogen-bond donors (Lipinski definition) is 0. The molecule has 1 aromatic heterocycles. The van der Waals surface area contributed by atoms with Crippen molar-refractivity contribution in [2.24, 2.45) is 0 Å². The second kappa shape index (κ2) is 6.85. The number of hydrogen-bond acceptors (Lipinski definition) is 4. The molecule has 24 heavy (non-hydrogen) atoms. The second-order valence-corrected chi connectivity index (χ2v) is 6.99. The van der Waals surface area contributed by atoms with Crippen molar-refractivity contribution in [3.8, 4) is 0 Å². The number of aromatic nitrogens is 1. The van der Waals surface area contributed by atoms with Gasteiger partial charge in [0.2, 0.25) is 5.78 Å². The Morgan fingerprint density at radius 2 is 1.88 bits per heavy atom. The molecular weight excluding hydrogens is 322 g/mol. The van der Waals surface area contributed by atoms with Crippen LogP contribution in [0, 0.1) is 13.8 Å². The summed E-state index contributed by atoms with van der Waals surface area (Å²) in [5.41, 5.74) is 3.19. The standard InChI is InChI=1S/C19H21NO3S/c1-12-10-17(13(2)20(12)15-6-7-15)18(21)11-23-19(22)14-4-8-16(24-3)9-5-14/h4-5,8-10,15H,6-7,11H2,1-3H3. The first-order chi connectivity index (χ1) is 11.5. The van der Waals surface area contributed by atoms with E-state index in [1.807, 2.05) is 38.3 Å². The minimum atomic E-state index is -0.466. The normalized spacial score (nSPS) is 13.8. The van der Waals surface area contributed by atoms with Gasteiger partial charge in [-0.15, -0.1) is 11.8 Å². The molecule has 0 bridgehead atoms. The number of benzene rings is 1. The molecule has 1 aliphatic carbocycles. The molecular formula is C19H21NO3S. The zero-order valence-corrected chi connectivity index (χ0v) is 15.0. The number of esters is 1. The largest absolute Gasteiger partial charge is 0.454 e. The van der Waals surface area contributed by atoms with Crippen molar-refractivity contribution in [3.63, 3.8) is 0 Å². The van der Waals surface area contributed by atoms with Crippen LogP contribution >= 0.6 is 11.8 Å². The molecule has 126 valence electrons. The van der Waals surface area contributed by atoms with Crippen molar-refractivity contribution in [2.75, 3.05) is 12.9 Å². The van der Waals surface area contributed by atoms with Crippen molar-refractivity contribution >= 4 is 23.5 Å². The van der Waals surface area contributed by atoms with Gasteiger partial charge >= 0.3 is 5.97 Å². The van der Waals surface area contributed by atoms with Gasteiger partial charge in [0.15, 0.2) is 6.61 Å². The van der Waals surface area contributed by atoms with Crippen molar-refractivity contribution in [3.05, 3.63) is 52.8 Å². The number of ether oxygens (including phenoxy) is 1. The molecule has 0 unspecified atom stereocenters. The lowest BCUT2D eigenvalue weighted by atomic mass is 10.1. The predicted molar refractivity (Wildman–Crippen MR) is 95.0 cm³/mol. The number of rotatable bonds is 6. The topological polar surface area (TPSA) is 48.3 Å². The van der Waals surface area contributed by atoms with Gasteiger partial charge in [0.1, 0.15) is 0 Å². The fourth-order valence-corrected chi connectivity index (χ4v) is 3.38. The molecule has 0 saturated heterocycles. The van der Waals surface area contributed by atoms with E-state index in [9.17, 15) is 9.59 Å². The van der Waals surface area contributed by atoms with E-state index in [0.717, 1.165) is 16.3 Å². The highest BCUT2D eigenvalue weighted by atomic mass is 32.2. The molecule has 1 heterocycles. The fraction of sp³-hybridized carbons (Fsp3) is 0.368. The van der Waals surface area contributed by atoms with Crippen LogP contribution in [0.2, 0.25) is 0 Å². The summed E-state index contributed by atoms with van der Waals surface area (Å²) in [7, 11) is 0. The van der Waals surface area contributed by atoms with Crippen LogP contribution in [0.3, 0.4) is 0 Å². The molecule has 5 heteroatoms. The summed E-state index contributed by atoms with van der Waals surface area (Å²) in [6.45, 7) is 3.75. The Kier molecular flexibility index (Phi) is 4.81. The minimum Gasteiger partial charge on any atom is -0.454 e. The van der Waals surface area contributed by atoms with E-state index in [-0.39, 0.29) is 12.4 Å². The van der Waals surface area contributed by atoms with Gasteiger partial charge in [0, 0.05) is 27.9 Å². The maximum atomic E-state index is 12.4. The maximum absolute atomic E-state index is 12.4. The van der Waals surface area contributed by atoms with Crippen LogP contribution in [0.4, 0.5) is 0 Å². The number of carbonyl (C=O) groups is 2. The number of Topliss-reactive ketones (excluding diaryl/α,β-unsaturated/α-hetero) is 1. The zero-order valence-electron chi connectivity index (χ0n) is 14.2. The molecule has 1 fully saturated rings. The van der Waals surface area contributed by atoms with Crippen molar-refractivity contribution < 1.29 is 14.3 Å². The summed E-state index contributed by atoms with van der Waals surface area (Å²) in [6.07, 6.45) is 4.32. The van der Waals surface area contributed by atoms with E-state index in [4.69, 9.17) is 4.74 Å². The van der Waals surface area contributed by atoms with Gasteiger partial charge in [0.25, 0.3) is 0 Å². The molecule has 0 atom stereocenters. The van der Waals surface area contributed by atoms with E-state index in [1.165, 1.54) is 12.8 Å². The van der Waals surface area contributed by atoms with Crippen LogP contribution < -0.4 is 0 Å². The van der Waals surface area contributed by atoms with Gasteiger partial charge in [-0.05, 0) is 63.3 Å². The Bertz CT molecular complexity index is 773. The quantitative estimate of drug-likeness (QED) is 0.448. The van der Waals surface area contributed by atoms with Crippen molar-refractivity contribution in [1.29, 1.82) is 0 Å². The average molecular weight is 343 g/mol. The van der Waals surface area contributed by atoms with E-state index < -0.39 is 5.97 Å². The maximum Gasteiger partial charge on any atom is 0.338 e. The number of thioether (sulfide) groups is 1. The van der Waals surface area contributed by atoms with Crippen LogP contribution in [-0.2, 0) is 4.74 Å². The third-order valence-electron chi connectivity index (χ3n) is 4.36. The summed E-state index contributed by atoms with van der Waals surface area (Å²) in [4.78, 5) is 25.6. The molecule has 0 N–H and O–H groups in total. The number of aryl methyl sites for hydroxylation is 1. The van der Waals surface area contributed by atoms with Crippen LogP contribution in [0.1, 0.15) is 51.0 Å². The molecule has 0 radical (unpaired) electrons. The van der Waals surface area contributed by atoms with Gasteiger partial charge in [-0.3, -0.25) is 4.79 Å². The van der Waals surface area contributed by atoms with Crippen LogP contribution in [-0.4, -0.2) is 29.2 Å². The summed E-state index contributed by atoms with van der Waals surface area (Å²) >= 11 is 1.61. The Morgan fingerprint density at radius 3 is 2.46 bits per heavy atom. The molecule has 1 aliphatic rings. The molecule has 3 rings (SSSR count). The van der Waals surface area contributed by atoms with Gasteiger partial charge in [0.05, 0.1) is 5.56 Å². The summed E-state index contributed by atoms with van der Waals surface area (Å²) < 4.78 is 7.41. The third-order valence-corrected chi connectivity index (χ3v) is 5.10. The van der Waals surface area contributed by atoms with Gasteiger partial charge < -0.3 is 9.30 Å². The molecule has 0 amide bonds. The van der Waals surface area contributed by atoms with E-state index in [1.54, 1.807) is 23.9 Å². The monoisotopic (exact) mass is 343 g/mol. The Labute approximate surface area is 146 Å². The smallest absolute Gasteiger partial charge is 0.338 e. The molecule has 0 aliphatic heterocycles. The zero-order chi connectivity index (χ0) is 17.3. The molecule has 1 aromatic carbocycles. The Hall–Kier alpha value is -2.01. The van der Waals surface area contributed by atoms with E-state index >= 15 is 0 Å². The molecule has 0 spiro atoms. The van der Waals surface area contributed by atoms with Gasteiger partial charge in [-0.25, -0.2) is 4.79 Å². The molecule has 1 saturated carbocycles. The molecule has 2 aromatic rings. The number of ketones is 1. The SMILES string of the molecule is CSc1ccc(C(=O)OCC(=O)c2cc(C)n(C3CC3)c2C)cc1. The average Bonchev–Trinajstić information content (AvgIpc) is 3.37. The summed E-state index contributed by atoms with van der Waals surface area (Å²) in [5, 5.41) is 0. The highest BCUT2D eigenvalue weighted by Crippen LogP contribution is 2.38. The van der Waals surface area contributed by atoms with Gasteiger partial charge in [-0.1, -0.05) is 0 Å². The van der Waals surface area contributed by atoms with Crippen molar-refractivity contribution in [2.45, 2.75) is 37.6 Å². The lowest BCUT2D eigenvalue weighted by Gasteiger charge is -2.08. The summed E-state index contributed by atoms with van der Waals surface area (Å²) in [5.74, 6) is -0.615. The number of nitrogens with zero attached hydrogens (tertiary/aromatic N) is 1. The van der Waals surface area contributed by atoms with Crippen LogP contribution in [0.5, 0.6) is 0 Å². The first-order valence-corrected chi connectivity index (χ1v) is 9.26. The van der Waals surface area contributed by atoms with Crippen LogP contribution in [0.25, 0.3) is 0 Å². The Balaban J connectivity index is 1.64. The fourth-order valence-electron chi connectivity index (χ4n) is 2.97. The third kappa shape index (κ3) is 3.41. The van der Waals surface area contributed by atoms with E-state index in [0.29, 0.717) is 17.2 Å². The highest BCUT2D eigenvalue weighted by Gasteiger charge is 2.28. The first-order valence-electron chi connectivity index (χ1n) is 8.04. The van der Waals surface area contributed by atoms with Crippen LogP contribution in [0.15, 0.2) is 35.2 Å². The first kappa shape index (κ1) is 16.8. The lowest BCUT2D eigenvalue weighted by molar-refractivity contribution is 0.0474. The Morgan fingerprint density at radius 1 is 1.21 bits per heavy atom. The highest BCUT2D eigenvalue weighted by molar-refractivity contribution is 7.98. The lowest BCUT2D eigenvalue weighted by Crippen LogP contribution is -2.15. The number of carbonyl (C=O) groups excluding carboxylic acids is 2. The molecule has 4 nitrogen and oxygen atoms in total. The predicted octanol–water partition coefficient (Wildman–Crippen LogP) is 4.20.